The monoisotopic (exact) mass is 221 g/mol. The van der Waals surface area contributed by atoms with Gasteiger partial charge in [0.2, 0.25) is 0 Å². The molecule has 1 aliphatic carbocycles. The summed E-state index contributed by atoms with van der Waals surface area (Å²) in [5, 5.41) is 8.71. The van der Waals surface area contributed by atoms with Crippen molar-refractivity contribution in [3.8, 4) is 6.07 Å². The summed E-state index contributed by atoms with van der Waals surface area (Å²) < 4.78 is 0. The van der Waals surface area contributed by atoms with E-state index in [0.717, 1.165) is 6.04 Å². The lowest BCUT2D eigenvalue weighted by Crippen LogP contribution is -2.39. The van der Waals surface area contributed by atoms with Gasteiger partial charge < -0.3 is 0 Å². The van der Waals surface area contributed by atoms with Gasteiger partial charge in [-0.05, 0) is 26.3 Å². The molecule has 2 fully saturated rings. The first-order valence-electron chi connectivity index (χ1n) is 6.62. The first-order valence-corrected chi connectivity index (χ1v) is 6.62. The molecule has 0 aromatic heterocycles. The van der Waals surface area contributed by atoms with Crippen molar-refractivity contribution >= 4 is 0 Å². The van der Waals surface area contributed by atoms with E-state index in [1.165, 1.54) is 51.6 Å². The van der Waals surface area contributed by atoms with Gasteiger partial charge in [0, 0.05) is 25.2 Å². The summed E-state index contributed by atoms with van der Waals surface area (Å²) in [6.45, 7) is 3.00. The number of hydrogen-bond acceptors (Lipinski definition) is 3. The van der Waals surface area contributed by atoms with E-state index < -0.39 is 0 Å². The van der Waals surface area contributed by atoms with Crippen LogP contribution in [0.2, 0.25) is 0 Å². The summed E-state index contributed by atoms with van der Waals surface area (Å²) in [6, 6.07) is 3.70. The molecule has 1 saturated carbocycles. The van der Waals surface area contributed by atoms with Crippen LogP contribution in [-0.4, -0.2) is 48.6 Å². The number of nitriles is 1. The molecule has 1 atom stereocenters. The van der Waals surface area contributed by atoms with Gasteiger partial charge in [0.1, 0.15) is 0 Å². The highest BCUT2D eigenvalue weighted by Gasteiger charge is 2.30. The highest BCUT2D eigenvalue weighted by Crippen LogP contribution is 2.26. The van der Waals surface area contributed by atoms with Crippen molar-refractivity contribution in [2.45, 2.75) is 50.6 Å². The average molecular weight is 221 g/mol. The maximum atomic E-state index is 8.71. The lowest BCUT2D eigenvalue weighted by Gasteiger charge is -2.31. The first kappa shape index (κ1) is 11.9. The molecule has 1 heterocycles. The molecule has 1 aliphatic heterocycles. The SMILES string of the molecule is CN(CC#N)C1CCN(C2CCCCC2)C1. The fraction of sp³-hybridized carbons (Fsp3) is 0.923. The molecule has 0 N–H and O–H groups in total. The van der Waals surface area contributed by atoms with E-state index in [2.05, 4.69) is 22.9 Å². The lowest BCUT2D eigenvalue weighted by molar-refractivity contribution is 0.173. The Morgan fingerprint density at radius 3 is 2.69 bits per heavy atom. The number of likely N-dealkylation sites (tertiary alicyclic amines) is 1. The van der Waals surface area contributed by atoms with Gasteiger partial charge in [-0.3, -0.25) is 9.80 Å². The third-order valence-corrected chi connectivity index (χ3v) is 4.23. The van der Waals surface area contributed by atoms with Gasteiger partial charge in [0.25, 0.3) is 0 Å². The summed E-state index contributed by atoms with van der Waals surface area (Å²) in [5.74, 6) is 0. The van der Waals surface area contributed by atoms with E-state index in [0.29, 0.717) is 12.6 Å². The maximum absolute atomic E-state index is 8.71. The van der Waals surface area contributed by atoms with Crippen LogP contribution in [0.5, 0.6) is 0 Å². The Bertz CT molecular complexity index is 252. The van der Waals surface area contributed by atoms with Gasteiger partial charge >= 0.3 is 0 Å². The zero-order chi connectivity index (χ0) is 11.4. The molecular formula is C13H23N3. The van der Waals surface area contributed by atoms with Crippen LogP contribution in [0.4, 0.5) is 0 Å². The highest BCUT2D eigenvalue weighted by molar-refractivity contribution is 4.89. The van der Waals surface area contributed by atoms with Crippen LogP contribution < -0.4 is 0 Å². The van der Waals surface area contributed by atoms with Gasteiger partial charge in [-0.2, -0.15) is 5.26 Å². The number of hydrogen-bond donors (Lipinski definition) is 0. The molecule has 0 amide bonds. The molecule has 90 valence electrons. The van der Waals surface area contributed by atoms with E-state index in [1.807, 2.05) is 0 Å². The third kappa shape index (κ3) is 2.75. The van der Waals surface area contributed by atoms with Crippen molar-refractivity contribution in [2.24, 2.45) is 0 Å². The average Bonchev–Trinajstić information content (AvgIpc) is 2.80. The summed E-state index contributed by atoms with van der Waals surface area (Å²) in [6.07, 6.45) is 8.31. The predicted molar refractivity (Wildman–Crippen MR) is 65.1 cm³/mol. The maximum Gasteiger partial charge on any atom is 0.0866 e. The lowest BCUT2D eigenvalue weighted by atomic mass is 9.94. The van der Waals surface area contributed by atoms with Crippen LogP contribution in [0, 0.1) is 11.3 Å². The summed E-state index contributed by atoms with van der Waals surface area (Å²) in [4.78, 5) is 4.88. The Kier molecular flexibility index (Phi) is 4.20. The van der Waals surface area contributed by atoms with Gasteiger partial charge in [-0.25, -0.2) is 0 Å². The van der Waals surface area contributed by atoms with Crippen LogP contribution in [0.15, 0.2) is 0 Å². The summed E-state index contributed by atoms with van der Waals surface area (Å²) >= 11 is 0. The Morgan fingerprint density at radius 2 is 2.00 bits per heavy atom. The second-order valence-electron chi connectivity index (χ2n) is 5.30. The van der Waals surface area contributed by atoms with Crippen LogP contribution in [-0.2, 0) is 0 Å². The smallest absolute Gasteiger partial charge is 0.0866 e. The van der Waals surface area contributed by atoms with Crippen molar-refractivity contribution in [3.05, 3.63) is 0 Å². The van der Waals surface area contributed by atoms with Crippen molar-refractivity contribution in [3.63, 3.8) is 0 Å². The fourth-order valence-corrected chi connectivity index (χ4v) is 3.15. The normalized spacial score (nSPS) is 28.4. The molecule has 0 spiro atoms. The topological polar surface area (TPSA) is 30.3 Å². The molecule has 0 bridgehead atoms. The largest absolute Gasteiger partial charge is 0.299 e. The number of rotatable bonds is 3. The molecule has 0 aromatic rings. The third-order valence-electron chi connectivity index (χ3n) is 4.23. The molecule has 1 unspecified atom stereocenters. The molecule has 3 nitrogen and oxygen atoms in total. The first-order chi connectivity index (χ1) is 7.81. The predicted octanol–water partition coefficient (Wildman–Crippen LogP) is 1.85. The minimum Gasteiger partial charge on any atom is -0.299 e. The Labute approximate surface area is 99.0 Å². The van der Waals surface area contributed by atoms with Gasteiger partial charge in [-0.15, -0.1) is 0 Å². The van der Waals surface area contributed by atoms with Crippen molar-refractivity contribution in [1.82, 2.24) is 9.80 Å². The van der Waals surface area contributed by atoms with E-state index in [1.54, 1.807) is 0 Å². The molecule has 0 aromatic carbocycles. The Balaban J connectivity index is 1.80. The molecule has 0 radical (unpaired) electrons. The number of nitrogens with zero attached hydrogens (tertiary/aromatic N) is 3. The van der Waals surface area contributed by atoms with Crippen molar-refractivity contribution < 1.29 is 0 Å². The molecule has 2 rings (SSSR count). The van der Waals surface area contributed by atoms with Crippen molar-refractivity contribution in [2.75, 3.05) is 26.7 Å². The van der Waals surface area contributed by atoms with Gasteiger partial charge in [-0.1, -0.05) is 19.3 Å². The zero-order valence-corrected chi connectivity index (χ0v) is 10.4. The summed E-state index contributed by atoms with van der Waals surface area (Å²) in [5.41, 5.74) is 0. The molecule has 3 heteroatoms. The fourth-order valence-electron chi connectivity index (χ4n) is 3.15. The zero-order valence-electron chi connectivity index (χ0n) is 10.4. The second-order valence-corrected chi connectivity index (χ2v) is 5.30. The molecule has 16 heavy (non-hydrogen) atoms. The Morgan fingerprint density at radius 1 is 1.25 bits per heavy atom. The minimum atomic E-state index is 0.573. The van der Waals surface area contributed by atoms with E-state index in [4.69, 9.17) is 5.26 Å². The number of likely N-dealkylation sites (N-methyl/N-ethyl adjacent to an activating group) is 1. The van der Waals surface area contributed by atoms with Crippen LogP contribution in [0.3, 0.4) is 0 Å². The highest BCUT2D eigenvalue weighted by atomic mass is 15.3. The Hall–Kier alpha value is -0.590. The quantitative estimate of drug-likeness (QED) is 0.681. The minimum absolute atomic E-state index is 0.573. The molecule has 1 saturated heterocycles. The van der Waals surface area contributed by atoms with Crippen LogP contribution in [0.25, 0.3) is 0 Å². The van der Waals surface area contributed by atoms with Crippen LogP contribution >= 0.6 is 0 Å². The molecule has 2 aliphatic rings. The second kappa shape index (κ2) is 5.65. The standard InChI is InChI=1S/C13H23N3/c1-15(10-8-14)13-7-9-16(11-13)12-5-3-2-4-6-12/h12-13H,2-7,9-11H2,1H3. The van der Waals surface area contributed by atoms with E-state index in [9.17, 15) is 0 Å². The van der Waals surface area contributed by atoms with Crippen LogP contribution in [0.1, 0.15) is 38.5 Å². The van der Waals surface area contributed by atoms with E-state index in [-0.39, 0.29) is 0 Å². The van der Waals surface area contributed by atoms with E-state index >= 15 is 0 Å². The molecular weight excluding hydrogens is 198 g/mol. The van der Waals surface area contributed by atoms with Gasteiger partial charge in [0.05, 0.1) is 12.6 Å². The van der Waals surface area contributed by atoms with Crippen molar-refractivity contribution in [1.29, 1.82) is 5.26 Å². The summed E-state index contributed by atoms with van der Waals surface area (Å²) in [7, 11) is 2.08. The van der Waals surface area contributed by atoms with Gasteiger partial charge in [0.15, 0.2) is 0 Å².